The number of anilines is 2. The third kappa shape index (κ3) is 4.48. The number of piperazine rings is 1. The number of hydrogen-bond donors (Lipinski definition) is 1. The minimum atomic E-state index is 0.728. The molecule has 0 amide bonds. The third-order valence-electron chi connectivity index (χ3n) is 5.88. The van der Waals surface area contributed by atoms with E-state index in [-0.39, 0.29) is 0 Å². The molecule has 1 saturated carbocycles. The van der Waals surface area contributed by atoms with Gasteiger partial charge >= 0.3 is 0 Å². The summed E-state index contributed by atoms with van der Waals surface area (Å²) in [7, 11) is 0. The van der Waals surface area contributed by atoms with Gasteiger partial charge in [0.05, 0.1) is 11.0 Å². The van der Waals surface area contributed by atoms with E-state index in [1.54, 1.807) is 0 Å². The van der Waals surface area contributed by atoms with Gasteiger partial charge in [-0.15, -0.1) is 0 Å². The van der Waals surface area contributed by atoms with Gasteiger partial charge in [-0.25, -0.2) is 9.97 Å². The number of rotatable bonds is 6. The zero-order chi connectivity index (χ0) is 20.5. The molecule has 156 valence electrons. The summed E-state index contributed by atoms with van der Waals surface area (Å²) < 4.78 is 0. The van der Waals surface area contributed by atoms with Crippen molar-refractivity contribution < 1.29 is 0 Å². The van der Waals surface area contributed by atoms with Crippen LogP contribution in [0.1, 0.15) is 18.4 Å². The summed E-state index contributed by atoms with van der Waals surface area (Å²) >= 11 is 12.5. The van der Waals surface area contributed by atoms with Crippen LogP contribution in [0.15, 0.2) is 42.5 Å². The molecule has 5 rings (SSSR count). The van der Waals surface area contributed by atoms with Crippen molar-refractivity contribution in [2.24, 2.45) is 5.92 Å². The van der Waals surface area contributed by atoms with Gasteiger partial charge in [-0.1, -0.05) is 35.3 Å². The van der Waals surface area contributed by atoms with Crippen LogP contribution in [-0.4, -0.2) is 47.6 Å². The van der Waals surface area contributed by atoms with E-state index < -0.39 is 0 Å². The van der Waals surface area contributed by atoms with E-state index >= 15 is 0 Å². The fourth-order valence-corrected chi connectivity index (χ4v) is 4.29. The molecule has 2 heterocycles. The average molecular weight is 442 g/mol. The number of hydrogen-bond acceptors (Lipinski definition) is 5. The molecule has 0 unspecified atom stereocenters. The van der Waals surface area contributed by atoms with Crippen LogP contribution in [0.25, 0.3) is 11.0 Å². The van der Waals surface area contributed by atoms with Crippen LogP contribution in [0.3, 0.4) is 0 Å². The second-order valence-corrected chi connectivity index (χ2v) is 9.05. The van der Waals surface area contributed by atoms with Gasteiger partial charge in [-0.3, -0.25) is 4.90 Å². The molecule has 0 radical (unpaired) electrons. The van der Waals surface area contributed by atoms with Gasteiger partial charge in [0, 0.05) is 49.3 Å². The predicted octanol–water partition coefficient (Wildman–Crippen LogP) is 5.08. The summed E-state index contributed by atoms with van der Waals surface area (Å²) in [6, 6.07) is 13.8. The number of fused-ring (bicyclic) bond motifs is 1. The Kier molecular flexibility index (Phi) is 5.68. The highest BCUT2D eigenvalue weighted by Gasteiger charge is 2.25. The fraction of sp³-hybridized carbons (Fsp3) is 0.391. The van der Waals surface area contributed by atoms with Crippen LogP contribution in [0.5, 0.6) is 0 Å². The van der Waals surface area contributed by atoms with E-state index in [9.17, 15) is 0 Å². The average Bonchev–Trinajstić information content (AvgIpc) is 3.59. The van der Waals surface area contributed by atoms with Crippen molar-refractivity contribution in [1.29, 1.82) is 0 Å². The lowest BCUT2D eigenvalue weighted by atomic mass is 10.2. The highest BCUT2D eigenvalue weighted by atomic mass is 35.5. The molecule has 1 aliphatic heterocycles. The van der Waals surface area contributed by atoms with Gasteiger partial charge < -0.3 is 10.2 Å². The van der Waals surface area contributed by atoms with Gasteiger partial charge in [-0.05, 0) is 54.7 Å². The Hall–Kier alpha value is -2.08. The van der Waals surface area contributed by atoms with Crippen molar-refractivity contribution in [3.8, 4) is 0 Å². The molecule has 1 saturated heterocycles. The van der Waals surface area contributed by atoms with Crippen molar-refractivity contribution in [1.82, 2.24) is 14.9 Å². The lowest BCUT2D eigenvalue weighted by molar-refractivity contribution is 0.249. The van der Waals surface area contributed by atoms with Crippen LogP contribution in [0.4, 0.5) is 11.6 Å². The number of nitrogens with one attached hydrogen (secondary N) is 1. The van der Waals surface area contributed by atoms with E-state index in [1.807, 2.05) is 42.5 Å². The molecule has 3 aromatic rings. The maximum Gasteiger partial charge on any atom is 0.172 e. The largest absolute Gasteiger partial charge is 0.367 e. The highest BCUT2D eigenvalue weighted by molar-refractivity contribution is 6.33. The Morgan fingerprint density at radius 1 is 0.933 bits per heavy atom. The third-order valence-corrected chi connectivity index (χ3v) is 6.48. The number of para-hydroxylation sites is 2. The molecule has 30 heavy (non-hydrogen) atoms. The predicted molar refractivity (Wildman–Crippen MR) is 125 cm³/mol. The fourth-order valence-electron chi connectivity index (χ4n) is 3.92. The van der Waals surface area contributed by atoms with Gasteiger partial charge in [-0.2, -0.15) is 0 Å². The number of halogens is 2. The number of nitrogens with zero attached hydrogens (tertiary/aromatic N) is 4. The maximum atomic E-state index is 6.36. The normalized spacial score (nSPS) is 17.5. The molecule has 0 spiro atoms. The van der Waals surface area contributed by atoms with Gasteiger partial charge in [0.25, 0.3) is 0 Å². The lowest BCUT2D eigenvalue weighted by Crippen LogP contribution is -2.46. The van der Waals surface area contributed by atoms with Crippen molar-refractivity contribution in [3.05, 3.63) is 58.1 Å². The molecule has 1 aromatic heterocycles. The van der Waals surface area contributed by atoms with Gasteiger partial charge in [0.1, 0.15) is 0 Å². The van der Waals surface area contributed by atoms with Crippen LogP contribution in [-0.2, 0) is 6.54 Å². The van der Waals surface area contributed by atoms with Crippen molar-refractivity contribution in [2.45, 2.75) is 19.4 Å². The summed E-state index contributed by atoms with van der Waals surface area (Å²) in [5.41, 5.74) is 2.96. The first-order valence-corrected chi connectivity index (χ1v) is 11.3. The molecular formula is C23H25Cl2N5. The van der Waals surface area contributed by atoms with E-state index in [4.69, 9.17) is 33.2 Å². The minimum absolute atomic E-state index is 0.728. The highest BCUT2D eigenvalue weighted by Crippen LogP contribution is 2.31. The summed E-state index contributed by atoms with van der Waals surface area (Å²) in [6.45, 7) is 5.49. The van der Waals surface area contributed by atoms with Crippen LogP contribution < -0.4 is 10.2 Å². The van der Waals surface area contributed by atoms with Crippen LogP contribution in [0.2, 0.25) is 10.0 Å². The van der Waals surface area contributed by atoms with Gasteiger partial charge in [0.15, 0.2) is 11.6 Å². The maximum absolute atomic E-state index is 6.36. The van der Waals surface area contributed by atoms with E-state index in [0.29, 0.717) is 0 Å². The molecule has 2 aromatic carbocycles. The second-order valence-electron chi connectivity index (χ2n) is 8.21. The van der Waals surface area contributed by atoms with E-state index in [1.165, 1.54) is 12.8 Å². The molecule has 1 N–H and O–H groups in total. The first-order valence-electron chi connectivity index (χ1n) is 10.6. The zero-order valence-electron chi connectivity index (χ0n) is 16.8. The molecular weight excluding hydrogens is 417 g/mol. The summed E-state index contributed by atoms with van der Waals surface area (Å²) in [6.07, 6.45) is 2.63. The Bertz CT molecular complexity index is 1040. The van der Waals surface area contributed by atoms with Crippen molar-refractivity contribution in [3.63, 3.8) is 0 Å². The Labute approximate surface area is 187 Å². The molecule has 0 atom stereocenters. The minimum Gasteiger partial charge on any atom is -0.367 e. The zero-order valence-corrected chi connectivity index (χ0v) is 18.3. The molecule has 2 aliphatic rings. The molecule has 1 aliphatic carbocycles. The lowest BCUT2D eigenvalue weighted by Gasteiger charge is -2.36. The second kappa shape index (κ2) is 8.58. The Balaban J connectivity index is 1.32. The van der Waals surface area contributed by atoms with E-state index in [2.05, 4.69) is 15.1 Å². The first-order chi connectivity index (χ1) is 14.7. The summed E-state index contributed by atoms with van der Waals surface area (Å²) in [5.74, 6) is 2.66. The Morgan fingerprint density at radius 3 is 2.40 bits per heavy atom. The number of aromatic nitrogens is 2. The molecule has 7 heteroatoms. The van der Waals surface area contributed by atoms with E-state index in [0.717, 1.165) is 83.5 Å². The van der Waals surface area contributed by atoms with Gasteiger partial charge in [0.2, 0.25) is 0 Å². The summed E-state index contributed by atoms with van der Waals surface area (Å²) in [4.78, 5) is 14.6. The standard InChI is InChI=1S/C23H25Cl2N5/c24-18-7-8-19(25)17(13-18)15-29-9-11-30(12-10-29)23-22(26-14-16-5-6-16)27-20-3-1-2-4-21(20)28-23/h1-4,7-8,13,16H,5-6,9-12,14-15H2,(H,26,27). The SMILES string of the molecule is Clc1ccc(Cl)c(CN2CCN(c3nc4ccccc4nc3NCC3CC3)CC2)c1. The topological polar surface area (TPSA) is 44.3 Å². The van der Waals surface area contributed by atoms with Crippen molar-refractivity contribution >= 4 is 45.9 Å². The van der Waals surface area contributed by atoms with Crippen LogP contribution >= 0.6 is 23.2 Å². The number of benzene rings is 2. The molecule has 2 fully saturated rings. The quantitative estimate of drug-likeness (QED) is 0.577. The molecule has 5 nitrogen and oxygen atoms in total. The smallest absolute Gasteiger partial charge is 0.172 e. The Morgan fingerprint density at radius 2 is 1.67 bits per heavy atom. The van der Waals surface area contributed by atoms with Crippen LogP contribution in [0, 0.1) is 5.92 Å². The van der Waals surface area contributed by atoms with Crippen molar-refractivity contribution in [2.75, 3.05) is 42.9 Å². The monoisotopic (exact) mass is 441 g/mol. The first kappa shape index (κ1) is 19.9. The summed E-state index contributed by atoms with van der Waals surface area (Å²) in [5, 5.41) is 5.07. The molecule has 0 bridgehead atoms.